The van der Waals surface area contributed by atoms with Crippen LogP contribution < -0.4 is 0 Å². The van der Waals surface area contributed by atoms with E-state index in [1.807, 2.05) is 0 Å². The lowest BCUT2D eigenvalue weighted by atomic mass is 10.1. The summed E-state index contributed by atoms with van der Waals surface area (Å²) >= 11 is 0. The molecule has 1 aromatic rings. The van der Waals surface area contributed by atoms with Crippen LogP contribution in [0.5, 0.6) is 0 Å². The fourth-order valence-electron chi connectivity index (χ4n) is 1.25. The normalized spacial score (nSPS) is 12.4. The van der Waals surface area contributed by atoms with Gasteiger partial charge >= 0.3 is 6.18 Å². The standard InChI is InChI=1S/C12H12F3NO/c1-16(2)10(11(17)12(13,14)15)8-9-6-4-3-5-7-9/h3-8H,1-2H3/b10-8-. The zero-order valence-electron chi connectivity index (χ0n) is 9.45. The minimum atomic E-state index is -4.86. The number of hydrogen-bond donors (Lipinski definition) is 0. The van der Waals surface area contributed by atoms with Gasteiger partial charge < -0.3 is 4.90 Å². The maximum absolute atomic E-state index is 12.3. The van der Waals surface area contributed by atoms with E-state index in [4.69, 9.17) is 0 Å². The monoisotopic (exact) mass is 243 g/mol. The molecule has 0 aromatic heterocycles. The summed E-state index contributed by atoms with van der Waals surface area (Å²) in [4.78, 5) is 12.3. The Balaban J connectivity index is 3.11. The van der Waals surface area contributed by atoms with Gasteiger partial charge in [0.2, 0.25) is 0 Å². The van der Waals surface area contributed by atoms with Crippen molar-refractivity contribution in [3.63, 3.8) is 0 Å². The number of benzene rings is 1. The number of halogens is 3. The van der Waals surface area contributed by atoms with Crippen LogP contribution >= 0.6 is 0 Å². The molecule has 0 radical (unpaired) electrons. The third kappa shape index (κ3) is 3.62. The first-order valence-electron chi connectivity index (χ1n) is 4.88. The summed E-state index contributed by atoms with van der Waals surface area (Å²) in [6.45, 7) is 0. The highest BCUT2D eigenvalue weighted by Gasteiger charge is 2.41. The Hall–Kier alpha value is -1.78. The molecule has 0 aliphatic carbocycles. The quantitative estimate of drug-likeness (QED) is 0.761. The molecular formula is C12H12F3NO. The van der Waals surface area contributed by atoms with E-state index in [9.17, 15) is 18.0 Å². The number of carbonyl (C=O) groups is 1. The van der Waals surface area contributed by atoms with Crippen molar-refractivity contribution in [3.05, 3.63) is 41.6 Å². The smallest absolute Gasteiger partial charge is 0.374 e. The molecule has 0 fully saturated rings. The van der Waals surface area contributed by atoms with Crippen LogP contribution in [0.1, 0.15) is 5.56 Å². The molecule has 0 amide bonds. The van der Waals surface area contributed by atoms with E-state index < -0.39 is 12.0 Å². The summed E-state index contributed by atoms with van der Waals surface area (Å²) in [7, 11) is 2.80. The number of alkyl halides is 3. The Morgan fingerprint density at radius 1 is 1.18 bits per heavy atom. The molecular weight excluding hydrogens is 231 g/mol. The van der Waals surface area contributed by atoms with Crippen LogP contribution in [-0.2, 0) is 4.79 Å². The van der Waals surface area contributed by atoms with E-state index in [2.05, 4.69) is 0 Å². The third-order valence-electron chi connectivity index (χ3n) is 2.07. The van der Waals surface area contributed by atoms with E-state index in [1.165, 1.54) is 20.2 Å². The maximum Gasteiger partial charge on any atom is 0.456 e. The number of likely N-dealkylation sites (N-methyl/N-ethyl adjacent to an activating group) is 1. The second-order valence-corrected chi connectivity index (χ2v) is 3.66. The van der Waals surface area contributed by atoms with Crippen molar-refractivity contribution in [1.29, 1.82) is 0 Å². The first-order valence-corrected chi connectivity index (χ1v) is 4.88. The average molecular weight is 243 g/mol. The minimum absolute atomic E-state index is 0.385. The molecule has 0 aliphatic rings. The highest BCUT2D eigenvalue weighted by molar-refractivity contribution is 6.02. The van der Waals surface area contributed by atoms with E-state index in [0.29, 0.717) is 5.56 Å². The van der Waals surface area contributed by atoms with Gasteiger partial charge in [0.25, 0.3) is 5.78 Å². The zero-order valence-corrected chi connectivity index (χ0v) is 9.45. The number of ketones is 1. The van der Waals surface area contributed by atoms with Gasteiger partial charge in [0.15, 0.2) is 0 Å². The van der Waals surface area contributed by atoms with Gasteiger partial charge in [-0.15, -0.1) is 0 Å². The molecule has 0 saturated heterocycles. The van der Waals surface area contributed by atoms with E-state index in [-0.39, 0.29) is 5.70 Å². The van der Waals surface area contributed by atoms with Gasteiger partial charge in [-0.1, -0.05) is 30.3 Å². The summed E-state index contributed by atoms with van der Waals surface area (Å²) in [5.74, 6) is -1.84. The Kier molecular flexibility index (Phi) is 3.93. The van der Waals surface area contributed by atoms with Crippen molar-refractivity contribution in [2.24, 2.45) is 0 Å². The van der Waals surface area contributed by atoms with Gasteiger partial charge in [-0.3, -0.25) is 4.79 Å². The number of carbonyl (C=O) groups excluding carboxylic acids is 1. The second kappa shape index (κ2) is 5.03. The van der Waals surface area contributed by atoms with Gasteiger partial charge in [0.1, 0.15) is 0 Å². The number of nitrogens with zero attached hydrogens (tertiary/aromatic N) is 1. The summed E-state index contributed by atoms with van der Waals surface area (Å²) < 4.78 is 37.0. The SMILES string of the molecule is CN(C)/C(=C\c1ccccc1)C(=O)C(F)(F)F. The van der Waals surface area contributed by atoms with Gasteiger partial charge in [0, 0.05) is 14.1 Å². The van der Waals surface area contributed by atoms with Crippen LogP contribution in [-0.4, -0.2) is 31.0 Å². The van der Waals surface area contributed by atoms with Crippen LogP contribution in [0.3, 0.4) is 0 Å². The zero-order chi connectivity index (χ0) is 13.1. The number of hydrogen-bond acceptors (Lipinski definition) is 2. The lowest BCUT2D eigenvalue weighted by molar-refractivity contribution is -0.167. The highest BCUT2D eigenvalue weighted by atomic mass is 19.4. The summed E-state index contributed by atoms with van der Waals surface area (Å²) in [6.07, 6.45) is -3.64. The predicted molar refractivity (Wildman–Crippen MR) is 59.2 cm³/mol. The fourth-order valence-corrected chi connectivity index (χ4v) is 1.25. The Labute approximate surface area is 97.3 Å². The molecule has 0 bridgehead atoms. The van der Waals surface area contributed by atoms with Crippen LogP contribution in [0.2, 0.25) is 0 Å². The van der Waals surface area contributed by atoms with Gasteiger partial charge in [-0.05, 0) is 11.6 Å². The average Bonchev–Trinajstić information content (AvgIpc) is 2.24. The first kappa shape index (κ1) is 13.3. The lowest BCUT2D eigenvalue weighted by Gasteiger charge is -2.17. The minimum Gasteiger partial charge on any atom is -0.374 e. The van der Waals surface area contributed by atoms with Crippen LogP contribution in [0, 0.1) is 0 Å². The number of allylic oxidation sites excluding steroid dienone is 1. The Bertz CT molecular complexity index is 421. The van der Waals surface area contributed by atoms with Crippen molar-refractivity contribution in [2.45, 2.75) is 6.18 Å². The molecule has 0 spiro atoms. The number of Topliss-reactive ketones (excluding diaryl/α,β-unsaturated/α-hetero) is 1. The molecule has 2 nitrogen and oxygen atoms in total. The Morgan fingerprint density at radius 2 is 1.71 bits per heavy atom. The largest absolute Gasteiger partial charge is 0.456 e. The van der Waals surface area contributed by atoms with E-state index in [1.54, 1.807) is 30.3 Å². The Morgan fingerprint density at radius 3 is 2.12 bits per heavy atom. The molecule has 0 saturated carbocycles. The third-order valence-corrected chi connectivity index (χ3v) is 2.07. The van der Waals surface area contributed by atoms with Gasteiger partial charge in [-0.2, -0.15) is 13.2 Å². The molecule has 0 aliphatic heterocycles. The molecule has 92 valence electrons. The summed E-state index contributed by atoms with van der Waals surface area (Å²) in [5, 5.41) is 0. The molecule has 1 rings (SSSR count). The molecule has 0 heterocycles. The van der Waals surface area contributed by atoms with Crippen LogP contribution in [0.4, 0.5) is 13.2 Å². The van der Waals surface area contributed by atoms with E-state index >= 15 is 0 Å². The highest BCUT2D eigenvalue weighted by Crippen LogP contribution is 2.23. The summed E-state index contributed by atoms with van der Waals surface area (Å²) in [5.41, 5.74) is 0.164. The van der Waals surface area contributed by atoms with Crippen molar-refractivity contribution in [1.82, 2.24) is 4.90 Å². The lowest BCUT2D eigenvalue weighted by Crippen LogP contribution is -2.31. The molecule has 0 N–H and O–H groups in total. The molecule has 0 unspecified atom stereocenters. The second-order valence-electron chi connectivity index (χ2n) is 3.66. The molecule has 0 atom stereocenters. The first-order chi connectivity index (χ1) is 7.82. The van der Waals surface area contributed by atoms with Crippen molar-refractivity contribution < 1.29 is 18.0 Å². The van der Waals surface area contributed by atoms with Crippen molar-refractivity contribution >= 4 is 11.9 Å². The fraction of sp³-hybridized carbons (Fsp3) is 0.250. The molecule has 1 aromatic carbocycles. The van der Waals surface area contributed by atoms with Crippen LogP contribution in [0.15, 0.2) is 36.0 Å². The number of rotatable bonds is 3. The summed E-state index contributed by atoms with van der Waals surface area (Å²) in [6, 6.07) is 8.40. The van der Waals surface area contributed by atoms with Crippen molar-refractivity contribution in [2.75, 3.05) is 14.1 Å². The molecule has 5 heteroatoms. The maximum atomic E-state index is 12.3. The van der Waals surface area contributed by atoms with Gasteiger partial charge in [-0.25, -0.2) is 0 Å². The topological polar surface area (TPSA) is 20.3 Å². The van der Waals surface area contributed by atoms with Crippen molar-refractivity contribution in [3.8, 4) is 0 Å². The molecule has 17 heavy (non-hydrogen) atoms. The van der Waals surface area contributed by atoms with E-state index in [0.717, 1.165) is 4.90 Å². The van der Waals surface area contributed by atoms with Gasteiger partial charge in [0.05, 0.1) is 5.70 Å². The predicted octanol–water partition coefficient (Wildman–Crippen LogP) is 2.72. The van der Waals surface area contributed by atoms with Crippen LogP contribution in [0.25, 0.3) is 6.08 Å².